The van der Waals surface area contributed by atoms with Gasteiger partial charge in [0.25, 0.3) is 0 Å². The molecule has 0 spiro atoms. The van der Waals surface area contributed by atoms with Crippen molar-refractivity contribution in [2.24, 2.45) is 27.4 Å². The third kappa shape index (κ3) is 6.95. The number of nitrogens with zero attached hydrogens (tertiary/aromatic N) is 2. The van der Waals surface area contributed by atoms with Crippen LogP contribution >= 0.6 is 0 Å². The summed E-state index contributed by atoms with van der Waals surface area (Å²) in [6, 6.07) is 6.40. The molecule has 4 atom stereocenters. The second-order valence-corrected chi connectivity index (χ2v) is 10.4. The summed E-state index contributed by atoms with van der Waals surface area (Å²) >= 11 is 0. The van der Waals surface area contributed by atoms with Crippen molar-refractivity contribution in [2.75, 3.05) is 13.2 Å². The Morgan fingerprint density at radius 1 is 1.19 bits per heavy atom. The number of carboxylic acids is 2. The van der Waals surface area contributed by atoms with E-state index < -0.39 is 18.0 Å². The molecule has 0 aliphatic heterocycles. The van der Waals surface area contributed by atoms with Crippen LogP contribution in [0.25, 0.3) is 0 Å². The van der Waals surface area contributed by atoms with Gasteiger partial charge < -0.3 is 31.1 Å². The molecule has 0 heterocycles. The Labute approximate surface area is 217 Å². The molecule has 37 heavy (non-hydrogen) atoms. The molecule has 0 aromatic heterocycles. The summed E-state index contributed by atoms with van der Waals surface area (Å²) in [6.07, 6.45) is 5.74. The van der Waals surface area contributed by atoms with Crippen LogP contribution < -0.4 is 5.73 Å². The standard InChI is InChI=1S/C23H35N3O3.C4H4O4/c1-15(2)16-7-8-18-17(13-16)19(26-28)20(27)21-22(3,9-5-10-23(18,21)4)14-25-29-12-6-11-24;5-3(6)1-2-4(7)8/h7-8,13-15,20-21,27-28H,5-6,9-12,24H2,1-4H3;1-2H,(H,5,6)(H,7,8)/b25-14+,26-19+;2-1+/t20-,21?,22+,23+;/m0./s1. The molecule has 2 aliphatic rings. The minimum atomic E-state index is -1.26. The fraction of sp³-hybridized carbons (Fsp3) is 0.556. The van der Waals surface area contributed by atoms with Gasteiger partial charge in [-0.2, -0.15) is 0 Å². The summed E-state index contributed by atoms with van der Waals surface area (Å²) in [5.41, 5.74) is 8.43. The maximum absolute atomic E-state index is 11.4. The van der Waals surface area contributed by atoms with E-state index in [9.17, 15) is 19.9 Å². The molecule has 0 saturated heterocycles. The second kappa shape index (κ2) is 12.8. The van der Waals surface area contributed by atoms with E-state index in [2.05, 4.69) is 56.2 Å². The van der Waals surface area contributed by atoms with Gasteiger partial charge in [0.05, 0.1) is 6.21 Å². The van der Waals surface area contributed by atoms with Crippen molar-refractivity contribution >= 4 is 23.9 Å². The molecule has 10 nitrogen and oxygen atoms in total. The number of aliphatic carboxylic acids is 2. The van der Waals surface area contributed by atoms with Crippen LogP contribution in [0.15, 0.2) is 40.7 Å². The molecule has 1 aromatic rings. The van der Waals surface area contributed by atoms with E-state index >= 15 is 0 Å². The van der Waals surface area contributed by atoms with E-state index in [1.807, 2.05) is 6.21 Å². The highest BCUT2D eigenvalue weighted by atomic mass is 16.6. The summed E-state index contributed by atoms with van der Waals surface area (Å²) in [7, 11) is 0. The fourth-order valence-electron chi connectivity index (χ4n) is 5.59. The first-order valence-corrected chi connectivity index (χ1v) is 12.5. The normalized spacial score (nSPS) is 28.0. The van der Waals surface area contributed by atoms with Gasteiger partial charge in [0.2, 0.25) is 0 Å². The number of hydrogen-bond acceptors (Lipinski definition) is 8. The highest BCUT2D eigenvalue weighted by Gasteiger charge is 2.57. The molecule has 1 saturated carbocycles. The van der Waals surface area contributed by atoms with Gasteiger partial charge in [-0.05, 0) is 54.3 Å². The summed E-state index contributed by atoms with van der Waals surface area (Å²) in [6.45, 7) is 9.68. The van der Waals surface area contributed by atoms with Crippen molar-refractivity contribution in [2.45, 2.75) is 70.8 Å². The van der Waals surface area contributed by atoms with Crippen LogP contribution in [0.1, 0.15) is 76.0 Å². The molecule has 1 unspecified atom stereocenters. The first-order chi connectivity index (χ1) is 17.4. The monoisotopic (exact) mass is 517 g/mol. The van der Waals surface area contributed by atoms with Crippen LogP contribution in [0.4, 0.5) is 0 Å². The lowest BCUT2D eigenvalue weighted by molar-refractivity contribution is -0.134. The van der Waals surface area contributed by atoms with Crippen molar-refractivity contribution in [1.29, 1.82) is 0 Å². The molecule has 10 heteroatoms. The van der Waals surface area contributed by atoms with Crippen LogP contribution in [0.5, 0.6) is 0 Å². The Morgan fingerprint density at radius 2 is 1.84 bits per heavy atom. The Kier molecular flexibility index (Phi) is 10.4. The maximum atomic E-state index is 11.4. The quantitative estimate of drug-likeness (QED) is 0.114. The number of carboxylic acid groups (broad SMARTS) is 2. The first-order valence-electron chi connectivity index (χ1n) is 12.5. The number of oxime groups is 2. The van der Waals surface area contributed by atoms with Gasteiger partial charge in [0.15, 0.2) is 0 Å². The van der Waals surface area contributed by atoms with Crippen molar-refractivity contribution in [3.63, 3.8) is 0 Å². The number of aliphatic hydroxyl groups excluding tert-OH is 1. The second-order valence-electron chi connectivity index (χ2n) is 10.4. The number of nitrogens with two attached hydrogens (primary N) is 1. The number of carbonyl (C=O) groups is 2. The number of aliphatic hydroxyl groups is 1. The van der Waals surface area contributed by atoms with Gasteiger partial charge in [-0.25, -0.2) is 9.59 Å². The lowest BCUT2D eigenvalue weighted by atomic mass is 9.49. The third-order valence-corrected chi connectivity index (χ3v) is 7.34. The van der Waals surface area contributed by atoms with Crippen LogP contribution in [0, 0.1) is 11.3 Å². The lowest BCUT2D eigenvalue weighted by Crippen LogP contribution is -2.58. The minimum Gasteiger partial charge on any atom is -0.478 e. The zero-order valence-corrected chi connectivity index (χ0v) is 21.9. The van der Waals surface area contributed by atoms with E-state index in [1.54, 1.807) is 0 Å². The summed E-state index contributed by atoms with van der Waals surface area (Å²) in [4.78, 5) is 24.5. The molecule has 1 aromatic carbocycles. The van der Waals surface area contributed by atoms with Crippen molar-refractivity contribution in [3.8, 4) is 0 Å². The van der Waals surface area contributed by atoms with E-state index in [4.69, 9.17) is 20.8 Å². The highest BCUT2D eigenvalue weighted by Crippen LogP contribution is 2.56. The Bertz CT molecular complexity index is 1040. The number of hydrogen-bond donors (Lipinski definition) is 5. The van der Waals surface area contributed by atoms with Gasteiger partial charge in [-0.1, -0.05) is 56.6 Å². The van der Waals surface area contributed by atoms with Gasteiger partial charge >= 0.3 is 11.9 Å². The minimum absolute atomic E-state index is 0.158. The number of rotatable bonds is 8. The van der Waals surface area contributed by atoms with Crippen LogP contribution in [0.3, 0.4) is 0 Å². The first kappa shape index (κ1) is 30.0. The molecule has 1 fully saturated rings. The molecule has 6 N–H and O–H groups in total. The van der Waals surface area contributed by atoms with Gasteiger partial charge in [-0.3, -0.25) is 0 Å². The summed E-state index contributed by atoms with van der Waals surface area (Å²) in [5.74, 6) is -2.31. The van der Waals surface area contributed by atoms with Crippen molar-refractivity contribution in [3.05, 3.63) is 47.0 Å². The van der Waals surface area contributed by atoms with Crippen LogP contribution in [-0.4, -0.2) is 63.6 Å². The van der Waals surface area contributed by atoms with E-state index in [0.717, 1.165) is 36.8 Å². The number of fused-ring (bicyclic) bond motifs is 3. The predicted molar refractivity (Wildman–Crippen MR) is 140 cm³/mol. The summed E-state index contributed by atoms with van der Waals surface area (Å²) < 4.78 is 0. The van der Waals surface area contributed by atoms with E-state index in [0.29, 0.717) is 36.9 Å². The summed E-state index contributed by atoms with van der Waals surface area (Å²) in [5, 5.41) is 44.6. The third-order valence-electron chi connectivity index (χ3n) is 7.34. The van der Waals surface area contributed by atoms with Gasteiger partial charge in [0, 0.05) is 29.0 Å². The molecule has 3 rings (SSSR count). The SMILES string of the molecule is CC(C)c1ccc2c(c1)/C(=N\O)[C@H](O)C1[C@@](C)(/C=N/OCCCN)CCC[C@]21C.O=C(O)/C=C/C(=O)O. The van der Waals surface area contributed by atoms with Gasteiger partial charge in [-0.15, -0.1) is 0 Å². The van der Waals surface area contributed by atoms with Crippen LogP contribution in [-0.2, 0) is 19.8 Å². The average molecular weight is 518 g/mol. The fourth-order valence-corrected chi connectivity index (χ4v) is 5.59. The Balaban J connectivity index is 0.000000521. The lowest BCUT2D eigenvalue weighted by Gasteiger charge is -2.55. The maximum Gasteiger partial charge on any atom is 0.328 e. The molecule has 204 valence electrons. The van der Waals surface area contributed by atoms with Crippen molar-refractivity contribution < 1.29 is 35.0 Å². The predicted octanol–water partition coefficient (Wildman–Crippen LogP) is 3.49. The van der Waals surface area contributed by atoms with Crippen molar-refractivity contribution in [1.82, 2.24) is 0 Å². The van der Waals surface area contributed by atoms with Crippen LogP contribution in [0.2, 0.25) is 0 Å². The molecule has 0 amide bonds. The highest BCUT2D eigenvalue weighted by molar-refractivity contribution is 6.07. The van der Waals surface area contributed by atoms with E-state index in [-0.39, 0.29) is 16.7 Å². The zero-order chi connectivity index (χ0) is 27.8. The molecule has 0 bridgehead atoms. The van der Waals surface area contributed by atoms with Gasteiger partial charge in [0.1, 0.15) is 18.4 Å². The Hall–Kier alpha value is -3.24. The molecule has 0 radical (unpaired) electrons. The molecular weight excluding hydrogens is 478 g/mol. The smallest absolute Gasteiger partial charge is 0.328 e. The van der Waals surface area contributed by atoms with E-state index in [1.165, 1.54) is 5.56 Å². The number of benzene rings is 1. The zero-order valence-electron chi connectivity index (χ0n) is 21.9. The molecular formula is C27H39N3O7. The Morgan fingerprint density at radius 3 is 2.38 bits per heavy atom. The molecule has 2 aliphatic carbocycles. The largest absolute Gasteiger partial charge is 0.478 e. The average Bonchev–Trinajstić information content (AvgIpc) is 2.83. The topological polar surface area (TPSA) is 175 Å².